The van der Waals surface area contributed by atoms with Gasteiger partial charge in [-0.15, -0.1) is 0 Å². The van der Waals surface area contributed by atoms with Crippen molar-refractivity contribution in [3.8, 4) is 0 Å². The Kier molecular flexibility index (Phi) is 4.77. The van der Waals surface area contributed by atoms with E-state index in [1.54, 1.807) is 12.4 Å². The van der Waals surface area contributed by atoms with Gasteiger partial charge in [-0.05, 0) is 25.0 Å². The van der Waals surface area contributed by atoms with E-state index >= 15 is 0 Å². The number of carboxylic acid groups (broad SMARTS) is 1. The molecule has 0 bridgehead atoms. The summed E-state index contributed by atoms with van der Waals surface area (Å²) in [6, 6.07) is 4.09. The zero-order valence-corrected chi connectivity index (χ0v) is 8.81. The van der Waals surface area contributed by atoms with Crippen molar-refractivity contribution in [1.82, 2.24) is 10.3 Å². The standard InChI is InChI=1S/C11H16N2O2/c1-9(4-5-11(14)15)13-8-10-3-2-6-12-7-10/h2-3,6-7,9,13H,4-5,8H2,1H3,(H,14,15). The molecule has 0 spiro atoms. The number of aliphatic carboxylic acids is 1. The van der Waals surface area contributed by atoms with Crippen molar-refractivity contribution < 1.29 is 9.90 Å². The summed E-state index contributed by atoms with van der Waals surface area (Å²) in [6.45, 7) is 2.72. The molecule has 0 radical (unpaired) electrons. The highest BCUT2D eigenvalue weighted by Gasteiger charge is 2.04. The van der Waals surface area contributed by atoms with Crippen LogP contribution < -0.4 is 5.32 Å². The van der Waals surface area contributed by atoms with Crippen molar-refractivity contribution in [2.75, 3.05) is 0 Å². The molecule has 4 heteroatoms. The highest BCUT2D eigenvalue weighted by atomic mass is 16.4. The predicted octanol–water partition coefficient (Wildman–Crippen LogP) is 1.42. The number of carboxylic acids is 1. The second-order valence-corrected chi connectivity index (χ2v) is 3.58. The fourth-order valence-corrected chi connectivity index (χ4v) is 1.24. The van der Waals surface area contributed by atoms with Crippen molar-refractivity contribution in [2.24, 2.45) is 0 Å². The second-order valence-electron chi connectivity index (χ2n) is 3.58. The second kappa shape index (κ2) is 6.14. The number of hydrogen-bond acceptors (Lipinski definition) is 3. The lowest BCUT2D eigenvalue weighted by molar-refractivity contribution is -0.137. The minimum atomic E-state index is -0.745. The van der Waals surface area contributed by atoms with E-state index in [-0.39, 0.29) is 12.5 Å². The van der Waals surface area contributed by atoms with E-state index in [1.807, 2.05) is 19.1 Å². The molecule has 0 aliphatic carbocycles. The molecule has 0 amide bonds. The maximum absolute atomic E-state index is 10.3. The van der Waals surface area contributed by atoms with Gasteiger partial charge in [0.2, 0.25) is 0 Å². The SMILES string of the molecule is CC(CCC(=O)O)NCc1cccnc1. The van der Waals surface area contributed by atoms with E-state index in [2.05, 4.69) is 10.3 Å². The maximum atomic E-state index is 10.3. The average molecular weight is 208 g/mol. The topological polar surface area (TPSA) is 62.2 Å². The lowest BCUT2D eigenvalue weighted by Crippen LogP contribution is -2.26. The van der Waals surface area contributed by atoms with Gasteiger partial charge in [-0.3, -0.25) is 9.78 Å². The van der Waals surface area contributed by atoms with Crippen LogP contribution in [0.2, 0.25) is 0 Å². The summed E-state index contributed by atoms with van der Waals surface area (Å²) in [4.78, 5) is 14.3. The summed E-state index contributed by atoms with van der Waals surface area (Å²) in [5.74, 6) is -0.745. The largest absolute Gasteiger partial charge is 0.481 e. The van der Waals surface area contributed by atoms with Gasteiger partial charge in [-0.1, -0.05) is 6.07 Å². The molecule has 1 rings (SSSR count). The summed E-state index contributed by atoms with van der Waals surface area (Å²) in [6.07, 6.45) is 4.39. The molecule has 0 aliphatic heterocycles. The zero-order chi connectivity index (χ0) is 11.1. The number of nitrogens with one attached hydrogen (secondary N) is 1. The first-order valence-electron chi connectivity index (χ1n) is 5.02. The van der Waals surface area contributed by atoms with E-state index in [0.717, 1.165) is 12.1 Å². The van der Waals surface area contributed by atoms with Crippen LogP contribution in [0.1, 0.15) is 25.3 Å². The number of rotatable bonds is 6. The smallest absolute Gasteiger partial charge is 0.303 e. The van der Waals surface area contributed by atoms with E-state index in [4.69, 9.17) is 5.11 Å². The van der Waals surface area contributed by atoms with Crippen molar-refractivity contribution in [1.29, 1.82) is 0 Å². The molecule has 1 unspecified atom stereocenters. The summed E-state index contributed by atoms with van der Waals surface area (Å²) in [7, 11) is 0. The molecule has 2 N–H and O–H groups in total. The number of aromatic nitrogens is 1. The van der Waals surface area contributed by atoms with Crippen LogP contribution in [0.4, 0.5) is 0 Å². The van der Waals surface area contributed by atoms with Gasteiger partial charge >= 0.3 is 5.97 Å². The molecule has 0 aliphatic rings. The van der Waals surface area contributed by atoms with Gasteiger partial charge in [0.25, 0.3) is 0 Å². The molecule has 0 fully saturated rings. The van der Waals surface area contributed by atoms with Crippen LogP contribution in [0.15, 0.2) is 24.5 Å². The fourth-order valence-electron chi connectivity index (χ4n) is 1.24. The summed E-state index contributed by atoms with van der Waals surface area (Å²) in [5, 5.41) is 11.8. The number of pyridine rings is 1. The Morgan fingerprint density at radius 1 is 1.67 bits per heavy atom. The van der Waals surface area contributed by atoms with Gasteiger partial charge in [0, 0.05) is 31.4 Å². The lowest BCUT2D eigenvalue weighted by atomic mass is 10.1. The third-order valence-corrected chi connectivity index (χ3v) is 2.17. The van der Waals surface area contributed by atoms with E-state index in [0.29, 0.717) is 6.42 Å². The van der Waals surface area contributed by atoms with Gasteiger partial charge in [0.05, 0.1) is 0 Å². The lowest BCUT2D eigenvalue weighted by Gasteiger charge is -2.12. The van der Waals surface area contributed by atoms with Crippen LogP contribution in [0.5, 0.6) is 0 Å². The molecule has 0 aromatic carbocycles. The number of hydrogen-bond donors (Lipinski definition) is 2. The molecule has 0 saturated heterocycles. The summed E-state index contributed by atoms with van der Waals surface area (Å²) >= 11 is 0. The van der Waals surface area contributed by atoms with Crippen LogP contribution in [-0.2, 0) is 11.3 Å². The van der Waals surface area contributed by atoms with Gasteiger partial charge < -0.3 is 10.4 Å². The molecule has 0 saturated carbocycles. The van der Waals surface area contributed by atoms with Crippen LogP contribution in [0.3, 0.4) is 0 Å². The normalized spacial score (nSPS) is 12.3. The number of carbonyl (C=O) groups is 1. The Balaban J connectivity index is 2.22. The average Bonchev–Trinajstić information content (AvgIpc) is 2.25. The van der Waals surface area contributed by atoms with Crippen molar-refractivity contribution in [3.05, 3.63) is 30.1 Å². The first kappa shape index (κ1) is 11.7. The van der Waals surface area contributed by atoms with Crippen LogP contribution in [-0.4, -0.2) is 22.1 Å². The molecule has 1 heterocycles. The molecule has 82 valence electrons. The Bertz CT molecular complexity index is 301. The maximum Gasteiger partial charge on any atom is 0.303 e. The first-order valence-corrected chi connectivity index (χ1v) is 5.02. The van der Waals surface area contributed by atoms with Gasteiger partial charge in [0.15, 0.2) is 0 Å². The molecule has 4 nitrogen and oxygen atoms in total. The monoisotopic (exact) mass is 208 g/mol. The van der Waals surface area contributed by atoms with Crippen LogP contribution >= 0.6 is 0 Å². The van der Waals surface area contributed by atoms with Crippen molar-refractivity contribution in [2.45, 2.75) is 32.4 Å². The Labute approximate surface area is 89.3 Å². The van der Waals surface area contributed by atoms with E-state index in [1.165, 1.54) is 0 Å². The van der Waals surface area contributed by atoms with Crippen molar-refractivity contribution in [3.63, 3.8) is 0 Å². The van der Waals surface area contributed by atoms with E-state index in [9.17, 15) is 4.79 Å². The molecule has 1 atom stereocenters. The Morgan fingerprint density at radius 3 is 3.07 bits per heavy atom. The highest BCUT2D eigenvalue weighted by Crippen LogP contribution is 1.99. The van der Waals surface area contributed by atoms with Crippen LogP contribution in [0.25, 0.3) is 0 Å². The van der Waals surface area contributed by atoms with Gasteiger partial charge in [-0.25, -0.2) is 0 Å². The van der Waals surface area contributed by atoms with Crippen molar-refractivity contribution >= 4 is 5.97 Å². The molecule has 15 heavy (non-hydrogen) atoms. The van der Waals surface area contributed by atoms with Gasteiger partial charge in [0.1, 0.15) is 0 Å². The molecular formula is C11H16N2O2. The third kappa shape index (κ3) is 5.12. The first-order chi connectivity index (χ1) is 7.18. The minimum absolute atomic E-state index is 0.210. The summed E-state index contributed by atoms with van der Waals surface area (Å²) in [5.41, 5.74) is 1.11. The Morgan fingerprint density at radius 2 is 2.47 bits per heavy atom. The highest BCUT2D eigenvalue weighted by molar-refractivity contribution is 5.66. The summed E-state index contributed by atoms with van der Waals surface area (Å²) < 4.78 is 0. The Hall–Kier alpha value is -1.42. The van der Waals surface area contributed by atoms with Crippen LogP contribution in [0, 0.1) is 0 Å². The molecular weight excluding hydrogens is 192 g/mol. The molecule has 1 aromatic rings. The number of nitrogens with zero attached hydrogens (tertiary/aromatic N) is 1. The van der Waals surface area contributed by atoms with Gasteiger partial charge in [-0.2, -0.15) is 0 Å². The van der Waals surface area contributed by atoms with E-state index < -0.39 is 5.97 Å². The minimum Gasteiger partial charge on any atom is -0.481 e. The molecule has 1 aromatic heterocycles. The quantitative estimate of drug-likeness (QED) is 0.742. The predicted molar refractivity (Wildman–Crippen MR) is 57.4 cm³/mol. The third-order valence-electron chi connectivity index (χ3n) is 2.17. The zero-order valence-electron chi connectivity index (χ0n) is 8.81. The fraction of sp³-hybridized carbons (Fsp3) is 0.455.